The Bertz CT molecular complexity index is 1090. The summed E-state index contributed by atoms with van der Waals surface area (Å²) in [6.07, 6.45) is 1.91. The lowest BCUT2D eigenvalue weighted by Gasteiger charge is -2.33. The average molecular weight is 450 g/mol. The Morgan fingerprint density at radius 1 is 1.12 bits per heavy atom. The largest absolute Gasteiger partial charge is 0.484 e. The Balaban J connectivity index is 1.48. The Labute approximate surface area is 190 Å². The molecule has 0 bridgehead atoms. The molecule has 2 heterocycles. The van der Waals surface area contributed by atoms with Gasteiger partial charge in [0.05, 0.1) is 23.9 Å². The number of anilines is 1. The van der Waals surface area contributed by atoms with Crippen LogP contribution in [0.2, 0.25) is 0 Å². The van der Waals surface area contributed by atoms with Gasteiger partial charge in [0, 0.05) is 11.9 Å². The van der Waals surface area contributed by atoms with Crippen molar-refractivity contribution in [2.75, 3.05) is 18.5 Å². The minimum absolute atomic E-state index is 0.104. The molecule has 0 saturated carbocycles. The third-order valence-electron chi connectivity index (χ3n) is 4.94. The molecule has 0 spiro atoms. The molecule has 164 valence electrons. The minimum atomic E-state index is -0.374. The fraction of sp³-hybridized carbons (Fsp3) is 0.208. The van der Waals surface area contributed by atoms with E-state index in [2.05, 4.69) is 10.3 Å². The second-order valence-electron chi connectivity index (χ2n) is 7.10. The molecule has 0 radical (unpaired) electrons. The summed E-state index contributed by atoms with van der Waals surface area (Å²) in [5, 5.41) is 5.54. The normalized spacial score (nSPS) is 17.0. The van der Waals surface area contributed by atoms with Gasteiger partial charge >= 0.3 is 5.97 Å². The quantitative estimate of drug-likeness (QED) is 0.628. The zero-order valence-corrected chi connectivity index (χ0v) is 18.6. The highest BCUT2D eigenvalue weighted by Gasteiger charge is 2.37. The van der Waals surface area contributed by atoms with Crippen LogP contribution in [0.1, 0.15) is 25.5 Å². The number of aliphatic imine (C=N–C) groups is 1. The number of carbonyl (C=O) groups is 2. The number of amidine groups is 1. The van der Waals surface area contributed by atoms with Gasteiger partial charge in [-0.3, -0.25) is 4.79 Å². The Hall–Kier alpha value is -3.52. The van der Waals surface area contributed by atoms with E-state index >= 15 is 0 Å². The van der Waals surface area contributed by atoms with E-state index in [0.717, 1.165) is 16.4 Å². The van der Waals surface area contributed by atoms with E-state index in [-0.39, 0.29) is 24.5 Å². The summed E-state index contributed by atoms with van der Waals surface area (Å²) in [7, 11) is 0. The van der Waals surface area contributed by atoms with Crippen LogP contribution in [0.25, 0.3) is 0 Å². The molecular formula is C24H23N3O4S. The van der Waals surface area contributed by atoms with Crippen LogP contribution < -0.4 is 10.1 Å². The lowest BCUT2D eigenvalue weighted by Crippen LogP contribution is -2.34. The van der Waals surface area contributed by atoms with Crippen molar-refractivity contribution in [1.82, 2.24) is 4.90 Å². The predicted molar refractivity (Wildman–Crippen MR) is 125 cm³/mol. The number of hydrogen-bond donors (Lipinski definition) is 1. The van der Waals surface area contributed by atoms with Gasteiger partial charge in [0.15, 0.2) is 11.8 Å². The summed E-state index contributed by atoms with van der Waals surface area (Å²) in [5.74, 6) is -0.0526. The van der Waals surface area contributed by atoms with Gasteiger partial charge < -0.3 is 19.7 Å². The molecule has 4 rings (SSSR count). The summed E-state index contributed by atoms with van der Waals surface area (Å²) in [4.78, 5) is 31.3. The van der Waals surface area contributed by atoms with E-state index in [1.165, 1.54) is 11.8 Å². The van der Waals surface area contributed by atoms with E-state index in [1.807, 2.05) is 65.9 Å². The van der Waals surface area contributed by atoms with Crippen LogP contribution >= 0.6 is 11.8 Å². The number of benzene rings is 2. The molecule has 0 unspecified atom stereocenters. The number of allylic oxidation sites excluding steroid dienone is 1. The van der Waals surface area contributed by atoms with Crippen LogP contribution in [0.3, 0.4) is 0 Å². The molecule has 2 aromatic carbocycles. The highest BCUT2D eigenvalue weighted by molar-refractivity contribution is 8.16. The molecular weight excluding hydrogens is 426 g/mol. The monoisotopic (exact) mass is 449 g/mol. The van der Waals surface area contributed by atoms with E-state index in [9.17, 15) is 9.59 Å². The maximum Gasteiger partial charge on any atom is 0.338 e. The Morgan fingerprint density at radius 3 is 2.59 bits per heavy atom. The van der Waals surface area contributed by atoms with Crippen LogP contribution in [0.4, 0.5) is 5.69 Å². The number of carbonyl (C=O) groups excluding carboxylic acids is 2. The van der Waals surface area contributed by atoms with Gasteiger partial charge in [0.1, 0.15) is 5.75 Å². The van der Waals surface area contributed by atoms with Gasteiger partial charge in [-0.2, -0.15) is 0 Å². The zero-order valence-electron chi connectivity index (χ0n) is 17.8. The van der Waals surface area contributed by atoms with Gasteiger partial charge in [-0.1, -0.05) is 42.1 Å². The van der Waals surface area contributed by atoms with Gasteiger partial charge in [-0.05, 0) is 49.1 Å². The van der Waals surface area contributed by atoms with E-state index in [4.69, 9.17) is 9.47 Å². The van der Waals surface area contributed by atoms with Crippen LogP contribution in [0.5, 0.6) is 5.75 Å². The summed E-state index contributed by atoms with van der Waals surface area (Å²) in [6, 6.07) is 16.2. The van der Waals surface area contributed by atoms with Crippen molar-refractivity contribution in [2.45, 2.75) is 19.9 Å². The van der Waals surface area contributed by atoms with Gasteiger partial charge in [0.25, 0.3) is 5.91 Å². The van der Waals surface area contributed by atoms with E-state index in [0.29, 0.717) is 23.6 Å². The maximum absolute atomic E-state index is 12.7. The average Bonchev–Trinajstić information content (AvgIpc) is 3.26. The highest BCUT2D eigenvalue weighted by atomic mass is 32.2. The molecule has 1 atom stereocenters. The van der Waals surface area contributed by atoms with E-state index in [1.54, 1.807) is 19.1 Å². The first-order valence-corrected chi connectivity index (χ1v) is 11.1. The molecule has 32 heavy (non-hydrogen) atoms. The molecule has 0 aromatic heterocycles. The first-order chi connectivity index (χ1) is 15.6. The van der Waals surface area contributed by atoms with Crippen LogP contribution in [0, 0.1) is 0 Å². The Kier molecular flexibility index (Phi) is 6.61. The maximum atomic E-state index is 12.7. The SMILES string of the molecule is CCOC(=O)C1=C(C)N=C2SC=CN2[C@H]1c1ccc(OCC(=O)Nc2ccccc2)cc1. The van der Waals surface area contributed by atoms with Crippen molar-refractivity contribution >= 4 is 34.5 Å². The van der Waals surface area contributed by atoms with Gasteiger partial charge in [-0.25, -0.2) is 9.79 Å². The molecule has 7 nitrogen and oxygen atoms in total. The molecule has 2 aliphatic rings. The second kappa shape index (κ2) is 9.74. The van der Waals surface area contributed by atoms with Crippen molar-refractivity contribution in [3.05, 3.63) is 83.0 Å². The van der Waals surface area contributed by atoms with Crippen LogP contribution in [0.15, 0.2) is 82.5 Å². The predicted octanol–water partition coefficient (Wildman–Crippen LogP) is 4.47. The van der Waals surface area contributed by atoms with E-state index < -0.39 is 0 Å². The Morgan fingerprint density at radius 2 is 1.88 bits per heavy atom. The summed E-state index contributed by atoms with van der Waals surface area (Å²) in [6.45, 7) is 3.80. The lowest BCUT2D eigenvalue weighted by atomic mass is 9.95. The summed E-state index contributed by atoms with van der Waals surface area (Å²) in [5.41, 5.74) is 2.77. The number of esters is 1. The standard InChI is InChI=1S/C24H23N3O4S/c1-3-30-23(29)21-16(2)25-24-27(13-14-32-24)22(21)17-9-11-19(12-10-17)31-15-20(28)26-18-7-5-4-6-8-18/h4-14,22H,3,15H2,1-2H3,(H,26,28)/t22-/m0/s1. The fourth-order valence-electron chi connectivity index (χ4n) is 3.51. The molecule has 2 aliphatic heterocycles. The number of ether oxygens (including phenoxy) is 2. The van der Waals surface area contributed by atoms with Crippen molar-refractivity contribution in [3.8, 4) is 5.75 Å². The van der Waals surface area contributed by atoms with Crippen LogP contribution in [-0.2, 0) is 14.3 Å². The smallest absolute Gasteiger partial charge is 0.338 e. The van der Waals surface area contributed by atoms with Crippen molar-refractivity contribution in [2.24, 2.45) is 4.99 Å². The number of fused-ring (bicyclic) bond motifs is 1. The first kappa shape index (κ1) is 21.7. The van der Waals surface area contributed by atoms with Gasteiger partial charge in [-0.15, -0.1) is 0 Å². The van der Waals surface area contributed by atoms with Gasteiger partial charge in [0.2, 0.25) is 0 Å². The number of para-hydroxylation sites is 1. The molecule has 1 N–H and O–H groups in total. The molecule has 0 fully saturated rings. The number of nitrogens with zero attached hydrogens (tertiary/aromatic N) is 2. The van der Waals surface area contributed by atoms with Crippen molar-refractivity contribution < 1.29 is 19.1 Å². The summed E-state index contributed by atoms with van der Waals surface area (Å²) >= 11 is 1.51. The number of thioether (sulfide) groups is 1. The lowest BCUT2D eigenvalue weighted by molar-refractivity contribution is -0.139. The van der Waals surface area contributed by atoms with Crippen molar-refractivity contribution in [3.63, 3.8) is 0 Å². The topological polar surface area (TPSA) is 80.2 Å². The third kappa shape index (κ3) is 4.70. The number of amides is 1. The number of hydrogen-bond acceptors (Lipinski definition) is 7. The third-order valence-corrected chi connectivity index (χ3v) is 5.71. The number of rotatable bonds is 7. The fourth-order valence-corrected chi connectivity index (χ4v) is 4.30. The minimum Gasteiger partial charge on any atom is -0.484 e. The van der Waals surface area contributed by atoms with Crippen molar-refractivity contribution in [1.29, 1.82) is 0 Å². The highest BCUT2D eigenvalue weighted by Crippen LogP contribution is 2.41. The molecule has 0 saturated heterocycles. The molecule has 2 aromatic rings. The second-order valence-corrected chi connectivity index (χ2v) is 7.97. The molecule has 1 amide bonds. The van der Waals surface area contributed by atoms with Crippen LogP contribution in [-0.4, -0.2) is 35.2 Å². The zero-order chi connectivity index (χ0) is 22.5. The summed E-state index contributed by atoms with van der Waals surface area (Å²) < 4.78 is 10.9. The molecule has 8 heteroatoms. The number of nitrogens with one attached hydrogen (secondary N) is 1. The first-order valence-electron chi connectivity index (χ1n) is 10.2. The molecule has 0 aliphatic carbocycles.